The van der Waals surface area contributed by atoms with Crippen LogP contribution in [0.2, 0.25) is 0 Å². The Bertz CT molecular complexity index is 391. The van der Waals surface area contributed by atoms with E-state index in [2.05, 4.69) is 16.0 Å². The second-order valence-electron chi connectivity index (χ2n) is 5.27. The number of hydrogen-bond acceptors (Lipinski definition) is 3. The van der Waals surface area contributed by atoms with Crippen molar-refractivity contribution in [3.63, 3.8) is 0 Å². The summed E-state index contributed by atoms with van der Waals surface area (Å²) in [5.74, 6) is 0.912. The van der Waals surface area contributed by atoms with Crippen LogP contribution in [0, 0.1) is 5.92 Å². The Balaban J connectivity index is 1.91. The second-order valence-corrected chi connectivity index (χ2v) is 5.27. The molecule has 1 aliphatic heterocycles. The molecule has 1 aromatic heterocycles. The predicted octanol–water partition coefficient (Wildman–Crippen LogP) is 2.31. The maximum Gasteiger partial charge on any atom is 0.0772 e. The van der Waals surface area contributed by atoms with Crippen LogP contribution in [-0.2, 0) is 6.54 Å². The van der Waals surface area contributed by atoms with E-state index in [4.69, 9.17) is 5.73 Å². The van der Waals surface area contributed by atoms with Gasteiger partial charge in [-0.25, -0.2) is 0 Å². The molecular formula is C14H21N3. The first-order valence-electron chi connectivity index (χ1n) is 6.81. The normalized spacial score (nSPS) is 28.2. The van der Waals surface area contributed by atoms with Crippen molar-refractivity contribution in [2.45, 2.75) is 44.7 Å². The van der Waals surface area contributed by atoms with Crippen molar-refractivity contribution >= 4 is 5.69 Å². The first kappa shape index (κ1) is 11.0. The van der Waals surface area contributed by atoms with E-state index in [-0.39, 0.29) is 0 Å². The second kappa shape index (κ2) is 4.65. The van der Waals surface area contributed by atoms with Crippen molar-refractivity contribution in [2.75, 3.05) is 11.4 Å². The Morgan fingerprint density at radius 3 is 3.06 bits per heavy atom. The molecule has 3 heteroatoms. The molecule has 0 aromatic carbocycles. The Labute approximate surface area is 103 Å². The van der Waals surface area contributed by atoms with Crippen molar-refractivity contribution in [3.8, 4) is 0 Å². The standard InChI is InChI=1S/C14H21N3/c15-10-12-14(7-2-8-16-12)17-9-3-5-11-4-1-6-13(11)17/h2,7-8,11,13H,1,3-6,9-10,15H2. The van der Waals surface area contributed by atoms with Gasteiger partial charge in [-0.2, -0.15) is 0 Å². The Hall–Kier alpha value is -1.09. The van der Waals surface area contributed by atoms with Gasteiger partial charge in [-0.3, -0.25) is 4.98 Å². The Morgan fingerprint density at radius 2 is 2.18 bits per heavy atom. The molecule has 92 valence electrons. The number of fused-ring (bicyclic) bond motifs is 1. The molecule has 3 nitrogen and oxygen atoms in total. The van der Waals surface area contributed by atoms with Gasteiger partial charge in [-0.05, 0) is 43.7 Å². The number of nitrogens with two attached hydrogens (primary N) is 1. The molecule has 0 spiro atoms. The van der Waals surface area contributed by atoms with Crippen LogP contribution in [-0.4, -0.2) is 17.6 Å². The molecule has 0 bridgehead atoms. The van der Waals surface area contributed by atoms with Gasteiger partial charge in [0.1, 0.15) is 0 Å². The van der Waals surface area contributed by atoms with Crippen molar-refractivity contribution in [2.24, 2.45) is 11.7 Å². The molecule has 2 N–H and O–H groups in total. The third-order valence-corrected chi connectivity index (χ3v) is 4.36. The predicted molar refractivity (Wildman–Crippen MR) is 69.8 cm³/mol. The molecule has 2 aliphatic rings. The van der Waals surface area contributed by atoms with Gasteiger partial charge in [0.2, 0.25) is 0 Å². The molecule has 3 rings (SSSR count). The van der Waals surface area contributed by atoms with Gasteiger partial charge < -0.3 is 10.6 Å². The minimum Gasteiger partial charge on any atom is -0.367 e. The highest BCUT2D eigenvalue weighted by Gasteiger charge is 2.35. The van der Waals surface area contributed by atoms with Crippen LogP contribution in [0.5, 0.6) is 0 Å². The van der Waals surface area contributed by atoms with E-state index in [0.717, 1.165) is 17.7 Å². The van der Waals surface area contributed by atoms with Crippen LogP contribution >= 0.6 is 0 Å². The lowest BCUT2D eigenvalue weighted by Crippen LogP contribution is -2.43. The highest BCUT2D eigenvalue weighted by atomic mass is 15.2. The van der Waals surface area contributed by atoms with Gasteiger partial charge in [-0.15, -0.1) is 0 Å². The fourth-order valence-corrected chi connectivity index (χ4v) is 3.60. The molecule has 1 aromatic rings. The number of pyridine rings is 1. The highest BCUT2D eigenvalue weighted by Crippen LogP contribution is 2.39. The van der Waals surface area contributed by atoms with Gasteiger partial charge >= 0.3 is 0 Å². The van der Waals surface area contributed by atoms with E-state index in [9.17, 15) is 0 Å². The average Bonchev–Trinajstić information content (AvgIpc) is 2.86. The lowest BCUT2D eigenvalue weighted by molar-refractivity contribution is 0.361. The molecular weight excluding hydrogens is 210 g/mol. The van der Waals surface area contributed by atoms with Crippen molar-refractivity contribution < 1.29 is 0 Å². The summed E-state index contributed by atoms with van der Waals surface area (Å²) in [7, 11) is 0. The van der Waals surface area contributed by atoms with Crippen molar-refractivity contribution in [3.05, 3.63) is 24.0 Å². The van der Waals surface area contributed by atoms with Gasteiger partial charge in [0.15, 0.2) is 0 Å². The first-order chi connectivity index (χ1) is 8.40. The van der Waals surface area contributed by atoms with E-state index in [1.165, 1.54) is 44.3 Å². The molecule has 0 amide bonds. The van der Waals surface area contributed by atoms with Crippen molar-refractivity contribution in [1.29, 1.82) is 0 Å². The van der Waals surface area contributed by atoms with E-state index >= 15 is 0 Å². The maximum absolute atomic E-state index is 5.81. The van der Waals surface area contributed by atoms with Crippen LogP contribution in [0.3, 0.4) is 0 Å². The van der Waals surface area contributed by atoms with Gasteiger partial charge in [0.25, 0.3) is 0 Å². The summed E-state index contributed by atoms with van der Waals surface area (Å²) in [4.78, 5) is 7.00. The van der Waals surface area contributed by atoms with Crippen LogP contribution in [0.4, 0.5) is 5.69 Å². The smallest absolute Gasteiger partial charge is 0.0772 e. The number of rotatable bonds is 2. The SMILES string of the molecule is NCc1ncccc1N1CCCC2CCCC21. The van der Waals surface area contributed by atoms with E-state index in [1.54, 1.807) is 0 Å². The van der Waals surface area contributed by atoms with Crippen LogP contribution in [0.1, 0.15) is 37.8 Å². The number of piperidine rings is 1. The molecule has 2 fully saturated rings. The largest absolute Gasteiger partial charge is 0.367 e. The summed E-state index contributed by atoms with van der Waals surface area (Å²) in [5.41, 5.74) is 8.14. The number of aromatic nitrogens is 1. The van der Waals surface area contributed by atoms with Gasteiger partial charge in [0, 0.05) is 25.3 Å². The highest BCUT2D eigenvalue weighted by molar-refractivity contribution is 5.52. The third kappa shape index (κ3) is 1.93. The van der Waals surface area contributed by atoms with Crippen LogP contribution < -0.4 is 10.6 Å². The molecule has 0 radical (unpaired) electrons. The topological polar surface area (TPSA) is 42.1 Å². The fraction of sp³-hybridized carbons (Fsp3) is 0.643. The molecule has 2 heterocycles. The van der Waals surface area contributed by atoms with Crippen LogP contribution in [0.25, 0.3) is 0 Å². The molecule has 1 saturated carbocycles. The fourth-order valence-electron chi connectivity index (χ4n) is 3.60. The van der Waals surface area contributed by atoms with E-state index < -0.39 is 0 Å². The first-order valence-corrected chi connectivity index (χ1v) is 6.81. The summed E-state index contributed by atoms with van der Waals surface area (Å²) < 4.78 is 0. The third-order valence-electron chi connectivity index (χ3n) is 4.36. The lowest BCUT2D eigenvalue weighted by atomic mass is 9.91. The van der Waals surface area contributed by atoms with Crippen LogP contribution in [0.15, 0.2) is 18.3 Å². The Kier molecular flexibility index (Phi) is 3.02. The van der Waals surface area contributed by atoms with E-state index in [0.29, 0.717) is 6.54 Å². The minimum atomic E-state index is 0.546. The summed E-state index contributed by atoms with van der Waals surface area (Å²) in [6, 6.07) is 4.97. The van der Waals surface area contributed by atoms with E-state index in [1.807, 2.05) is 12.3 Å². The van der Waals surface area contributed by atoms with Crippen molar-refractivity contribution in [1.82, 2.24) is 4.98 Å². The lowest BCUT2D eigenvalue weighted by Gasteiger charge is -2.40. The maximum atomic E-state index is 5.81. The Morgan fingerprint density at radius 1 is 1.29 bits per heavy atom. The van der Waals surface area contributed by atoms with Gasteiger partial charge in [-0.1, -0.05) is 6.42 Å². The molecule has 1 saturated heterocycles. The average molecular weight is 231 g/mol. The summed E-state index contributed by atoms with van der Waals surface area (Å²) >= 11 is 0. The quantitative estimate of drug-likeness (QED) is 0.849. The monoisotopic (exact) mass is 231 g/mol. The van der Waals surface area contributed by atoms with Gasteiger partial charge in [0.05, 0.1) is 11.4 Å². The minimum absolute atomic E-state index is 0.546. The molecule has 2 unspecified atom stereocenters. The number of hydrogen-bond donors (Lipinski definition) is 1. The summed E-state index contributed by atoms with van der Waals surface area (Å²) in [5, 5.41) is 0. The number of anilines is 1. The summed E-state index contributed by atoms with van der Waals surface area (Å²) in [6.07, 6.45) is 8.74. The zero-order chi connectivity index (χ0) is 11.7. The molecule has 17 heavy (non-hydrogen) atoms. The molecule has 1 aliphatic carbocycles. The summed E-state index contributed by atoms with van der Waals surface area (Å²) in [6.45, 7) is 1.73. The zero-order valence-electron chi connectivity index (χ0n) is 10.3. The zero-order valence-corrected chi connectivity index (χ0v) is 10.3. The number of nitrogens with zero attached hydrogens (tertiary/aromatic N) is 2. The molecule has 2 atom stereocenters.